The number of aromatic nitrogens is 2. The third kappa shape index (κ3) is 3.51. The Morgan fingerprint density at radius 1 is 1.47 bits per heavy atom. The summed E-state index contributed by atoms with van der Waals surface area (Å²) in [4.78, 5) is 2.46. The van der Waals surface area contributed by atoms with E-state index in [9.17, 15) is 0 Å². The van der Waals surface area contributed by atoms with Crippen LogP contribution in [0.4, 0.5) is 0 Å². The van der Waals surface area contributed by atoms with Crippen molar-refractivity contribution in [3.63, 3.8) is 0 Å². The molecule has 0 spiro atoms. The number of nitrogens with zero attached hydrogens (tertiary/aromatic N) is 3. The van der Waals surface area contributed by atoms with Crippen molar-refractivity contribution in [1.82, 2.24) is 20.5 Å². The van der Waals surface area contributed by atoms with Gasteiger partial charge < -0.3 is 5.32 Å². The number of likely N-dealkylation sites (tertiary alicyclic amines) is 1. The van der Waals surface area contributed by atoms with Crippen LogP contribution in [0.2, 0.25) is 0 Å². The maximum absolute atomic E-state index is 4.74. The molecule has 1 N–H and O–H groups in total. The molecule has 1 aliphatic rings. The van der Waals surface area contributed by atoms with Crippen molar-refractivity contribution in [2.24, 2.45) is 5.92 Å². The third-order valence-corrected chi connectivity index (χ3v) is 3.41. The maximum atomic E-state index is 4.74. The Hall–Kier alpha value is -0.940. The molecule has 5 heteroatoms. The van der Waals surface area contributed by atoms with Crippen molar-refractivity contribution in [3.8, 4) is 0 Å². The summed E-state index contributed by atoms with van der Waals surface area (Å²) in [5.41, 5.74) is 1.90. The molecule has 1 aromatic rings. The van der Waals surface area contributed by atoms with E-state index in [4.69, 9.17) is 4.63 Å². The molecule has 0 saturated carbocycles. The van der Waals surface area contributed by atoms with Gasteiger partial charge in [-0.1, -0.05) is 17.2 Å². The molecule has 0 amide bonds. The van der Waals surface area contributed by atoms with E-state index in [1.54, 1.807) is 0 Å². The monoisotopic (exact) mass is 238 g/mol. The summed E-state index contributed by atoms with van der Waals surface area (Å²) in [7, 11) is 0. The second-order valence-corrected chi connectivity index (χ2v) is 4.85. The van der Waals surface area contributed by atoms with E-state index < -0.39 is 0 Å². The average molecular weight is 238 g/mol. The fraction of sp³-hybridized carbons (Fsp3) is 0.833. The van der Waals surface area contributed by atoms with Crippen LogP contribution in [0.25, 0.3) is 0 Å². The molecule has 1 aliphatic heterocycles. The van der Waals surface area contributed by atoms with Crippen LogP contribution in [0.1, 0.15) is 31.2 Å². The largest absolute Gasteiger partial charge is 0.317 e. The zero-order chi connectivity index (χ0) is 12.1. The molecule has 0 aliphatic carbocycles. The standard InChI is InChI=1S/C12H22N4O/c1-3-13-7-11-5-4-6-16(8-11)9-12-10(2)14-17-15-12/h11,13H,3-9H2,1-2H3. The number of rotatable bonds is 5. The summed E-state index contributed by atoms with van der Waals surface area (Å²) in [5.74, 6) is 0.767. The number of aryl methyl sites for hydroxylation is 1. The Morgan fingerprint density at radius 2 is 2.35 bits per heavy atom. The molecule has 17 heavy (non-hydrogen) atoms. The molecule has 2 rings (SSSR count). The lowest BCUT2D eigenvalue weighted by Crippen LogP contribution is -2.39. The van der Waals surface area contributed by atoms with Gasteiger partial charge >= 0.3 is 0 Å². The van der Waals surface area contributed by atoms with Gasteiger partial charge in [0.15, 0.2) is 0 Å². The van der Waals surface area contributed by atoms with Crippen LogP contribution in [0.5, 0.6) is 0 Å². The van der Waals surface area contributed by atoms with E-state index >= 15 is 0 Å². The minimum absolute atomic E-state index is 0.767. The molecule has 0 radical (unpaired) electrons. The minimum atomic E-state index is 0.767. The molecule has 1 unspecified atom stereocenters. The van der Waals surface area contributed by atoms with Crippen molar-refractivity contribution in [3.05, 3.63) is 11.4 Å². The highest BCUT2D eigenvalue weighted by Crippen LogP contribution is 2.18. The van der Waals surface area contributed by atoms with Gasteiger partial charge in [0.1, 0.15) is 11.4 Å². The summed E-state index contributed by atoms with van der Waals surface area (Å²) in [6, 6.07) is 0. The Kier molecular flexibility index (Phi) is 4.50. The molecule has 96 valence electrons. The highest BCUT2D eigenvalue weighted by molar-refractivity contribution is 5.04. The summed E-state index contributed by atoms with van der Waals surface area (Å²) in [5, 5.41) is 11.2. The first-order valence-corrected chi connectivity index (χ1v) is 6.50. The summed E-state index contributed by atoms with van der Waals surface area (Å²) in [6.07, 6.45) is 2.61. The Morgan fingerprint density at radius 3 is 3.06 bits per heavy atom. The summed E-state index contributed by atoms with van der Waals surface area (Å²) >= 11 is 0. The highest BCUT2D eigenvalue weighted by atomic mass is 16.6. The summed E-state index contributed by atoms with van der Waals surface area (Å²) in [6.45, 7) is 9.48. The number of piperidine rings is 1. The van der Waals surface area contributed by atoms with Crippen LogP contribution in [-0.4, -0.2) is 41.4 Å². The van der Waals surface area contributed by atoms with E-state index in [1.807, 2.05) is 6.92 Å². The van der Waals surface area contributed by atoms with Crippen LogP contribution in [-0.2, 0) is 6.54 Å². The van der Waals surface area contributed by atoms with Gasteiger partial charge in [0.2, 0.25) is 0 Å². The minimum Gasteiger partial charge on any atom is -0.317 e. The number of hydrogen-bond acceptors (Lipinski definition) is 5. The summed E-state index contributed by atoms with van der Waals surface area (Å²) < 4.78 is 4.74. The topological polar surface area (TPSA) is 54.2 Å². The van der Waals surface area contributed by atoms with Crippen LogP contribution < -0.4 is 5.32 Å². The average Bonchev–Trinajstić information content (AvgIpc) is 2.73. The van der Waals surface area contributed by atoms with Gasteiger partial charge in [0.25, 0.3) is 0 Å². The lowest BCUT2D eigenvalue weighted by atomic mass is 9.98. The molecule has 0 aromatic carbocycles. The highest BCUT2D eigenvalue weighted by Gasteiger charge is 2.21. The zero-order valence-corrected chi connectivity index (χ0v) is 10.8. The van der Waals surface area contributed by atoms with E-state index in [1.165, 1.54) is 12.8 Å². The van der Waals surface area contributed by atoms with Crippen molar-refractivity contribution in [2.45, 2.75) is 33.2 Å². The van der Waals surface area contributed by atoms with Gasteiger partial charge in [-0.3, -0.25) is 4.90 Å². The van der Waals surface area contributed by atoms with E-state index in [2.05, 4.69) is 27.5 Å². The fourth-order valence-electron chi connectivity index (χ4n) is 2.41. The van der Waals surface area contributed by atoms with Crippen molar-refractivity contribution in [2.75, 3.05) is 26.2 Å². The van der Waals surface area contributed by atoms with Crippen LogP contribution in [0, 0.1) is 12.8 Å². The second kappa shape index (κ2) is 6.12. The predicted octanol–water partition coefficient (Wildman–Crippen LogP) is 1.20. The molecule has 0 bridgehead atoms. The van der Waals surface area contributed by atoms with Gasteiger partial charge in [-0.25, -0.2) is 4.63 Å². The van der Waals surface area contributed by atoms with Gasteiger partial charge in [-0.15, -0.1) is 0 Å². The van der Waals surface area contributed by atoms with Crippen LogP contribution in [0.15, 0.2) is 4.63 Å². The van der Waals surface area contributed by atoms with Gasteiger partial charge in [0.05, 0.1) is 0 Å². The molecule has 1 saturated heterocycles. The smallest absolute Gasteiger partial charge is 0.122 e. The Labute approximate surface area is 103 Å². The van der Waals surface area contributed by atoms with E-state index in [-0.39, 0.29) is 0 Å². The first-order valence-electron chi connectivity index (χ1n) is 6.50. The van der Waals surface area contributed by atoms with Gasteiger partial charge in [0, 0.05) is 13.1 Å². The molecule has 5 nitrogen and oxygen atoms in total. The van der Waals surface area contributed by atoms with Crippen LogP contribution >= 0.6 is 0 Å². The van der Waals surface area contributed by atoms with Crippen molar-refractivity contribution in [1.29, 1.82) is 0 Å². The first kappa shape index (κ1) is 12.5. The third-order valence-electron chi connectivity index (χ3n) is 3.41. The van der Waals surface area contributed by atoms with E-state index in [0.717, 1.165) is 50.0 Å². The van der Waals surface area contributed by atoms with Gasteiger partial charge in [-0.2, -0.15) is 0 Å². The Bertz CT molecular complexity index is 339. The molecular formula is C12H22N4O. The number of hydrogen-bond donors (Lipinski definition) is 1. The molecular weight excluding hydrogens is 216 g/mol. The lowest BCUT2D eigenvalue weighted by Gasteiger charge is -2.32. The maximum Gasteiger partial charge on any atom is 0.122 e. The van der Waals surface area contributed by atoms with Crippen LogP contribution in [0.3, 0.4) is 0 Å². The zero-order valence-electron chi connectivity index (χ0n) is 10.8. The SMILES string of the molecule is CCNCC1CCCN(Cc2nonc2C)C1. The molecule has 1 fully saturated rings. The Balaban J connectivity index is 1.83. The molecule has 1 atom stereocenters. The fourth-order valence-corrected chi connectivity index (χ4v) is 2.41. The molecule has 1 aromatic heterocycles. The quantitative estimate of drug-likeness (QED) is 0.835. The van der Waals surface area contributed by atoms with Crippen molar-refractivity contribution < 1.29 is 4.63 Å². The normalized spacial score (nSPS) is 21.9. The lowest BCUT2D eigenvalue weighted by molar-refractivity contribution is 0.161. The second-order valence-electron chi connectivity index (χ2n) is 4.85. The molecule has 2 heterocycles. The first-order chi connectivity index (χ1) is 8.29. The predicted molar refractivity (Wildman–Crippen MR) is 65.6 cm³/mol. The van der Waals surface area contributed by atoms with E-state index in [0.29, 0.717) is 0 Å². The number of nitrogens with one attached hydrogen (secondary N) is 1. The van der Waals surface area contributed by atoms with Gasteiger partial charge in [-0.05, 0) is 45.3 Å². The van der Waals surface area contributed by atoms with Crippen molar-refractivity contribution >= 4 is 0 Å².